The molecule has 0 aromatic carbocycles. The smallest absolute Gasteiger partial charge is 0.0227 e. The van der Waals surface area contributed by atoms with E-state index in [4.69, 9.17) is 11.1 Å². The van der Waals surface area contributed by atoms with Crippen molar-refractivity contribution in [3.8, 4) is 0 Å². The lowest BCUT2D eigenvalue weighted by Gasteiger charge is -2.26. The first-order valence-electron chi connectivity index (χ1n) is 4.70. The van der Waals surface area contributed by atoms with E-state index in [0.717, 1.165) is 11.5 Å². The van der Waals surface area contributed by atoms with Gasteiger partial charge in [0.05, 0.1) is 0 Å². The zero-order chi connectivity index (χ0) is 8.97. The molecule has 0 unspecified atom stereocenters. The average molecular weight is 166 g/mol. The molecule has 0 atom stereocenters. The van der Waals surface area contributed by atoms with Gasteiger partial charge in [0.15, 0.2) is 0 Å². The van der Waals surface area contributed by atoms with Crippen LogP contribution in [0.15, 0.2) is 11.8 Å². The molecule has 68 valence electrons. The summed E-state index contributed by atoms with van der Waals surface area (Å²) in [6.45, 7) is 2.30. The number of rotatable bonds is 2. The Morgan fingerprint density at radius 1 is 1.33 bits per heavy atom. The van der Waals surface area contributed by atoms with Gasteiger partial charge in [-0.15, -0.1) is 0 Å². The fourth-order valence-corrected chi connectivity index (χ4v) is 1.90. The van der Waals surface area contributed by atoms with Crippen LogP contribution < -0.4 is 5.73 Å². The molecule has 2 nitrogen and oxygen atoms in total. The van der Waals surface area contributed by atoms with Crippen LogP contribution in [0.3, 0.4) is 0 Å². The van der Waals surface area contributed by atoms with E-state index in [2.05, 4.69) is 6.92 Å². The van der Waals surface area contributed by atoms with Crippen molar-refractivity contribution in [1.82, 2.24) is 0 Å². The molecule has 1 aliphatic carbocycles. The highest BCUT2D eigenvalue weighted by Gasteiger charge is 2.19. The Hall–Kier alpha value is -0.790. The Labute approximate surface area is 74.4 Å². The third-order valence-electron chi connectivity index (χ3n) is 2.85. The molecule has 0 aliphatic heterocycles. The summed E-state index contributed by atoms with van der Waals surface area (Å²) in [6, 6.07) is 0. The minimum atomic E-state index is 0.559. The van der Waals surface area contributed by atoms with E-state index in [0.29, 0.717) is 5.92 Å². The molecule has 0 bridgehead atoms. The van der Waals surface area contributed by atoms with Crippen molar-refractivity contribution in [1.29, 1.82) is 5.41 Å². The number of nitrogens with two attached hydrogens (primary N) is 1. The number of hydrogen-bond acceptors (Lipinski definition) is 2. The van der Waals surface area contributed by atoms with Gasteiger partial charge in [0, 0.05) is 6.21 Å². The molecular weight excluding hydrogens is 148 g/mol. The molecule has 0 amide bonds. The molecule has 0 heterocycles. The molecule has 0 aromatic rings. The fraction of sp³-hybridized carbons (Fsp3) is 0.700. The fourth-order valence-electron chi connectivity index (χ4n) is 1.90. The lowest BCUT2D eigenvalue weighted by atomic mass is 9.80. The molecule has 1 fully saturated rings. The summed E-state index contributed by atoms with van der Waals surface area (Å²) in [5, 5.41) is 7.17. The van der Waals surface area contributed by atoms with Gasteiger partial charge >= 0.3 is 0 Å². The van der Waals surface area contributed by atoms with Gasteiger partial charge in [-0.05, 0) is 36.5 Å². The van der Waals surface area contributed by atoms with Crippen LogP contribution in [0.2, 0.25) is 0 Å². The molecule has 12 heavy (non-hydrogen) atoms. The normalized spacial score (nSPS) is 31.6. The molecule has 0 radical (unpaired) electrons. The van der Waals surface area contributed by atoms with Gasteiger partial charge in [-0.25, -0.2) is 0 Å². The third-order valence-corrected chi connectivity index (χ3v) is 2.85. The van der Waals surface area contributed by atoms with Crippen LogP contribution in [0.4, 0.5) is 0 Å². The lowest BCUT2D eigenvalue weighted by molar-refractivity contribution is 0.325. The molecule has 0 spiro atoms. The Kier molecular flexibility index (Phi) is 3.32. The maximum Gasteiger partial charge on any atom is 0.0227 e. The number of nitrogens with one attached hydrogen (secondary N) is 1. The van der Waals surface area contributed by atoms with Crippen LogP contribution in [0.5, 0.6) is 0 Å². The molecular formula is C10H18N2. The standard InChI is InChI=1S/C10H18N2/c1-8-2-4-9(5-3-8)10(6-11)7-12/h6-9,11H,2-5,12H2,1H3/b10-7+,11-6?. The summed E-state index contributed by atoms with van der Waals surface area (Å²) in [6.07, 6.45) is 7.99. The molecule has 0 aromatic heterocycles. The predicted molar refractivity (Wildman–Crippen MR) is 52.2 cm³/mol. The Morgan fingerprint density at radius 2 is 1.92 bits per heavy atom. The van der Waals surface area contributed by atoms with Crippen molar-refractivity contribution in [2.24, 2.45) is 17.6 Å². The highest BCUT2D eigenvalue weighted by Crippen LogP contribution is 2.31. The Balaban J connectivity index is 2.48. The van der Waals surface area contributed by atoms with E-state index < -0.39 is 0 Å². The first-order chi connectivity index (χ1) is 5.77. The second kappa shape index (κ2) is 4.29. The van der Waals surface area contributed by atoms with Crippen molar-refractivity contribution in [3.63, 3.8) is 0 Å². The van der Waals surface area contributed by atoms with Gasteiger partial charge in [0.25, 0.3) is 0 Å². The van der Waals surface area contributed by atoms with E-state index >= 15 is 0 Å². The first kappa shape index (κ1) is 9.30. The summed E-state index contributed by atoms with van der Waals surface area (Å²) >= 11 is 0. The summed E-state index contributed by atoms with van der Waals surface area (Å²) in [4.78, 5) is 0. The molecule has 1 saturated carbocycles. The highest BCUT2D eigenvalue weighted by molar-refractivity contribution is 5.76. The largest absolute Gasteiger partial charge is 0.404 e. The van der Waals surface area contributed by atoms with Crippen molar-refractivity contribution < 1.29 is 0 Å². The summed E-state index contributed by atoms with van der Waals surface area (Å²) in [5.41, 5.74) is 6.45. The molecule has 2 heteroatoms. The second-order valence-corrected chi connectivity index (χ2v) is 3.77. The molecule has 1 aliphatic rings. The van der Waals surface area contributed by atoms with Crippen LogP contribution >= 0.6 is 0 Å². The quantitative estimate of drug-likeness (QED) is 0.608. The number of allylic oxidation sites excluding steroid dienone is 1. The first-order valence-corrected chi connectivity index (χ1v) is 4.70. The number of hydrogen-bond donors (Lipinski definition) is 2. The second-order valence-electron chi connectivity index (χ2n) is 3.77. The third kappa shape index (κ3) is 2.10. The maximum atomic E-state index is 7.17. The van der Waals surface area contributed by atoms with E-state index in [9.17, 15) is 0 Å². The average Bonchev–Trinajstić information content (AvgIpc) is 2.10. The van der Waals surface area contributed by atoms with Crippen LogP contribution in [0.1, 0.15) is 32.6 Å². The van der Waals surface area contributed by atoms with E-state index in [1.807, 2.05) is 0 Å². The minimum Gasteiger partial charge on any atom is -0.404 e. The van der Waals surface area contributed by atoms with Crippen LogP contribution in [0.25, 0.3) is 0 Å². The van der Waals surface area contributed by atoms with Crippen molar-refractivity contribution in [3.05, 3.63) is 11.8 Å². The maximum absolute atomic E-state index is 7.17. The predicted octanol–water partition coefficient (Wildman–Crippen LogP) is 2.30. The molecule has 3 N–H and O–H groups in total. The zero-order valence-electron chi connectivity index (χ0n) is 7.72. The van der Waals surface area contributed by atoms with E-state index in [1.54, 1.807) is 6.20 Å². The van der Waals surface area contributed by atoms with Gasteiger partial charge in [0.1, 0.15) is 0 Å². The van der Waals surface area contributed by atoms with E-state index in [-0.39, 0.29) is 0 Å². The van der Waals surface area contributed by atoms with Crippen molar-refractivity contribution in [2.45, 2.75) is 32.6 Å². The van der Waals surface area contributed by atoms with Gasteiger partial charge in [-0.2, -0.15) is 0 Å². The van der Waals surface area contributed by atoms with Crippen LogP contribution in [0, 0.1) is 17.2 Å². The lowest BCUT2D eigenvalue weighted by Crippen LogP contribution is -2.15. The van der Waals surface area contributed by atoms with Gasteiger partial charge in [-0.3, -0.25) is 0 Å². The topological polar surface area (TPSA) is 49.9 Å². The van der Waals surface area contributed by atoms with Gasteiger partial charge < -0.3 is 11.1 Å². The summed E-state index contributed by atoms with van der Waals surface area (Å²) < 4.78 is 0. The van der Waals surface area contributed by atoms with Crippen molar-refractivity contribution >= 4 is 6.21 Å². The van der Waals surface area contributed by atoms with Crippen LogP contribution in [-0.2, 0) is 0 Å². The van der Waals surface area contributed by atoms with E-state index in [1.165, 1.54) is 31.9 Å². The van der Waals surface area contributed by atoms with Crippen LogP contribution in [-0.4, -0.2) is 6.21 Å². The van der Waals surface area contributed by atoms with Crippen molar-refractivity contribution in [2.75, 3.05) is 0 Å². The summed E-state index contributed by atoms with van der Waals surface area (Å²) in [5.74, 6) is 1.43. The van der Waals surface area contributed by atoms with Gasteiger partial charge in [0.2, 0.25) is 0 Å². The molecule has 1 rings (SSSR count). The van der Waals surface area contributed by atoms with Gasteiger partial charge in [-0.1, -0.05) is 19.8 Å². The Morgan fingerprint density at radius 3 is 2.33 bits per heavy atom. The molecule has 0 saturated heterocycles. The SMILES string of the molecule is CC1CCC(/C(C=N)=C/N)CC1. The summed E-state index contributed by atoms with van der Waals surface area (Å²) in [7, 11) is 0. The monoisotopic (exact) mass is 166 g/mol. The zero-order valence-corrected chi connectivity index (χ0v) is 7.72. The minimum absolute atomic E-state index is 0.559. The Bertz CT molecular complexity index is 176. The highest BCUT2D eigenvalue weighted by atomic mass is 14.5.